The van der Waals surface area contributed by atoms with E-state index >= 15 is 0 Å². The third kappa shape index (κ3) is 4.07. The zero-order chi connectivity index (χ0) is 8.81. The number of piperidine rings is 1. The molecule has 0 radical (unpaired) electrons. The lowest BCUT2D eigenvalue weighted by Crippen LogP contribution is -2.30. The molecule has 1 aliphatic rings. The molecule has 2 nitrogen and oxygen atoms in total. The molecule has 1 heterocycles. The van der Waals surface area contributed by atoms with E-state index in [1.807, 2.05) is 0 Å². The van der Waals surface area contributed by atoms with Crippen molar-refractivity contribution in [3.63, 3.8) is 0 Å². The molecule has 1 N–H and O–H groups in total. The standard InChI is InChI=1S/C10H21NO/c1-9(2)12-7-5-10-4-3-6-11-8-10/h9-11H,3-8H2,1-2H3/t10-/m1/s1. The number of hydrogen-bond donors (Lipinski definition) is 1. The molecule has 0 bridgehead atoms. The van der Waals surface area contributed by atoms with Crippen LogP contribution in [0.3, 0.4) is 0 Å². The minimum atomic E-state index is 0.390. The van der Waals surface area contributed by atoms with E-state index < -0.39 is 0 Å². The van der Waals surface area contributed by atoms with Crippen molar-refractivity contribution in [2.45, 2.75) is 39.2 Å². The van der Waals surface area contributed by atoms with Crippen LogP contribution in [-0.2, 0) is 4.74 Å². The summed E-state index contributed by atoms with van der Waals surface area (Å²) in [7, 11) is 0. The van der Waals surface area contributed by atoms with Gasteiger partial charge in [-0.1, -0.05) is 0 Å². The maximum atomic E-state index is 5.52. The van der Waals surface area contributed by atoms with Gasteiger partial charge in [0.05, 0.1) is 6.10 Å². The van der Waals surface area contributed by atoms with E-state index in [-0.39, 0.29) is 0 Å². The average molecular weight is 171 g/mol. The first kappa shape index (κ1) is 10.0. The van der Waals surface area contributed by atoms with Gasteiger partial charge in [-0.05, 0) is 52.1 Å². The minimum absolute atomic E-state index is 0.390. The minimum Gasteiger partial charge on any atom is -0.379 e. The second kappa shape index (κ2) is 5.55. The lowest BCUT2D eigenvalue weighted by molar-refractivity contribution is 0.0660. The number of hydrogen-bond acceptors (Lipinski definition) is 2. The van der Waals surface area contributed by atoms with Gasteiger partial charge in [0.2, 0.25) is 0 Å². The summed E-state index contributed by atoms with van der Waals surface area (Å²) in [5.41, 5.74) is 0. The van der Waals surface area contributed by atoms with Crippen LogP contribution in [0.5, 0.6) is 0 Å². The highest BCUT2D eigenvalue weighted by molar-refractivity contribution is 4.68. The first-order valence-electron chi connectivity index (χ1n) is 5.11. The largest absolute Gasteiger partial charge is 0.379 e. The first-order chi connectivity index (χ1) is 5.79. The topological polar surface area (TPSA) is 21.3 Å². The lowest BCUT2D eigenvalue weighted by atomic mass is 9.97. The Labute approximate surface area is 75.7 Å². The lowest BCUT2D eigenvalue weighted by Gasteiger charge is -2.22. The highest BCUT2D eigenvalue weighted by atomic mass is 16.5. The summed E-state index contributed by atoms with van der Waals surface area (Å²) in [5.74, 6) is 0.859. The highest BCUT2D eigenvalue weighted by Gasteiger charge is 2.12. The molecule has 0 spiro atoms. The predicted molar refractivity (Wildman–Crippen MR) is 51.3 cm³/mol. The van der Waals surface area contributed by atoms with Crippen LogP contribution in [-0.4, -0.2) is 25.8 Å². The predicted octanol–water partition coefficient (Wildman–Crippen LogP) is 1.80. The van der Waals surface area contributed by atoms with Crippen LogP contribution in [0.4, 0.5) is 0 Å². The summed E-state index contributed by atoms with van der Waals surface area (Å²) in [6, 6.07) is 0. The quantitative estimate of drug-likeness (QED) is 0.696. The van der Waals surface area contributed by atoms with Gasteiger partial charge in [-0.15, -0.1) is 0 Å². The van der Waals surface area contributed by atoms with E-state index in [0.717, 1.165) is 12.5 Å². The van der Waals surface area contributed by atoms with Crippen LogP contribution in [0.25, 0.3) is 0 Å². The Morgan fingerprint density at radius 3 is 2.92 bits per heavy atom. The Hall–Kier alpha value is -0.0800. The third-order valence-corrected chi connectivity index (χ3v) is 2.38. The van der Waals surface area contributed by atoms with E-state index in [0.29, 0.717) is 6.10 Å². The summed E-state index contributed by atoms with van der Waals surface area (Å²) in [4.78, 5) is 0. The molecule has 0 aromatic rings. The smallest absolute Gasteiger partial charge is 0.0518 e. The molecule has 0 aromatic heterocycles. The van der Waals surface area contributed by atoms with E-state index in [9.17, 15) is 0 Å². The average Bonchev–Trinajstić information content (AvgIpc) is 2.05. The highest BCUT2D eigenvalue weighted by Crippen LogP contribution is 2.13. The van der Waals surface area contributed by atoms with Crippen LogP contribution in [0.2, 0.25) is 0 Å². The van der Waals surface area contributed by atoms with E-state index in [1.165, 1.54) is 32.4 Å². The fourth-order valence-corrected chi connectivity index (χ4v) is 1.64. The summed E-state index contributed by atoms with van der Waals surface area (Å²) in [6.45, 7) is 7.53. The molecule has 1 atom stereocenters. The zero-order valence-electron chi connectivity index (χ0n) is 8.31. The SMILES string of the molecule is CC(C)OCC[C@H]1CCCNC1. The van der Waals surface area contributed by atoms with Crippen molar-refractivity contribution in [3.05, 3.63) is 0 Å². The van der Waals surface area contributed by atoms with E-state index in [4.69, 9.17) is 4.74 Å². The molecule has 12 heavy (non-hydrogen) atoms. The Morgan fingerprint density at radius 2 is 2.33 bits per heavy atom. The fraction of sp³-hybridized carbons (Fsp3) is 1.00. The normalized spacial score (nSPS) is 24.8. The van der Waals surface area contributed by atoms with Gasteiger partial charge in [-0.25, -0.2) is 0 Å². The van der Waals surface area contributed by atoms with Gasteiger partial charge in [0.15, 0.2) is 0 Å². The molecule has 1 aliphatic heterocycles. The van der Waals surface area contributed by atoms with Crippen molar-refractivity contribution >= 4 is 0 Å². The molecular weight excluding hydrogens is 150 g/mol. The van der Waals surface area contributed by atoms with Crippen LogP contribution < -0.4 is 5.32 Å². The van der Waals surface area contributed by atoms with Crippen LogP contribution in [0.15, 0.2) is 0 Å². The van der Waals surface area contributed by atoms with Gasteiger partial charge < -0.3 is 10.1 Å². The Kier molecular flexibility index (Phi) is 4.62. The molecule has 0 aromatic carbocycles. The Balaban J connectivity index is 1.98. The van der Waals surface area contributed by atoms with Crippen LogP contribution in [0, 0.1) is 5.92 Å². The van der Waals surface area contributed by atoms with Crippen molar-refractivity contribution in [2.24, 2.45) is 5.92 Å². The summed E-state index contributed by atoms with van der Waals surface area (Å²) >= 11 is 0. The number of rotatable bonds is 4. The second-order valence-corrected chi connectivity index (χ2v) is 3.92. The molecule has 2 heteroatoms. The first-order valence-corrected chi connectivity index (χ1v) is 5.11. The summed E-state index contributed by atoms with van der Waals surface area (Å²) in [6.07, 6.45) is 4.34. The van der Waals surface area contributed by atoms with Crippen molar-refractivity contribution in [3.8, 4) is 0 Å². The van der Waals surface area contributed by atoms with Gasteiger partial charge in [0.1, 0.15) is 0 Å². The summed E-state index contributed by atoms with van der Waals surface area (Å²) < 4.78 is 5.52. The molecule has 0 aliphatic carbocycles. The molecule has 0 saturated carbocycles. The van der Waals surface area contributed by atoms with Gasteiger partial charge in [0, 0.05) is 6.61 Å². The third-order valence-electron chi connectivity index (χ3n) is 2.38. The van der Waals surface area contributed by atoms with Crippen molar-refractivity contribution in [1.82, 2.24) is 5.32 Å². The molecule has 1 fully saturated rings. The molecule has 1 rings (SSSR count). The van der Waals surface area contributed by atoms with Gasteiger partial charge in [-0.2, -0.15) is 0 Å². The zero-order valence-corrected chi connectivity index (χ0v) is 8.31. The molecule has 0 unspecified atom stereocenters. The summed E-state index contributed by atoms with van der Waals surface area (Å²) in [5, 5.41) is 3.42. The van der Waals surface area contributed by atoms with Gasteiger partial charge in [-0.3, -0.25) is 0 Å². The van der Waals surface area contributed by atoms with Gasteiger partial charge >= 0.3 is 0 Å². The fourth-order valence-electron chi connectivity index (χ4n) is 1.64. The number of ether oxygens (including phenoxy) is 1. The van der Waals surface area contributed by atoms with Crippen LogP contribution >= 0.6 is 0 Å². The molecular formula is C10H21NO. The molecule has 72 valence electrons. The maximum Gasteiger partial charge on any atom is 0.0518 e. The Bertz CT molecular complexity index is 108. The molecule has 0 amide bonds. The molecule has 1 saturated heterocycles. The maximum absolute atomic E-state index is 5.52. The van der Waals surface area contributed by atoms with E-state index in [1.54, 1.807) is 0 Å². The van der Waals surface area contributed by atoms with Crippen LogP contribution in [0.1, 0.15) is 33.1 Å². The van der Waals surface area contributed by atoms with E-state index in [2.05, 4.69) is 19.2 Å². The number of nitrogens with one attached hydrogen (secondary N) is 1. The van der Waals surface area contributed by atoms with Crippen molar-refractivity contribution in [2.75, 3.05) is 19.7 Å². The Morgan fingerprint density at radius 1 is 1.50 bits per heavy atom. The van der Waals surface area contributed by atoms with Crippen molar-refractivity contribution in [1.29, 1.82) is 0 Å². The monoisotopic (exact) mass is 171 g/mol. The second-order valence-electron chi connectivity index (χ2n) is 3.92. The van der Waals surface area contributed by atoms with Gasteiger partial charge in [0.25, 0.3) is 0 Å². The van der Waals surface area contributed by atoms with Crippen molar-refractivity contribution < 1.29 is 4.74 Å².